The number of oxazole rings is 1. The van der Waals surface area contributed by atoms with Crippen LogP contribution in [0.3, 0.4) is 0 Å². The highest BCUT2D eigenvalue weighted by Gasteiger charge is 2.13. The van der Waals surface area contributed by atoms with E-state index in [0.717, 1.165) is 27.2 Å². The molecule has 1 N–H and O–H groups in total. The molecule has 4 rings (SSSR count). The van der Waals surface area contributed by atoms with Crippen LogP contribution in [0.15, 0.2) is 63.6 Å². The number of fused-ring (bicyclic) bond motifs is 1. The molecule has 4 aromatic rings. The third-order valence-electron chi connectivity index (χ3n) is 4.00. The summed E-state index contributed by atoms with van der Waals surface area (Å²) in [7, 11) is 0. The number of thioether (sulfide) groups is 1. The number of hydrogen-bond acceptors (Lipinski definition) is 6. The van der Waals surface area contributed by atoms with Crippen LogP contribution in [0.2, 0.25) is 0 Å². The molecular formula is C20H17N3O2S2. The van der Waals surface area contributed by atoms with E-state index in [1.165, 1.54) is 23.1 Å². The molecule has 0 atom stereocenters. The summed E-state index contributed by atoms with van der Waals surface area (Å²) in [6.07, 6.45) is 0. The lowest BCUT2D eigenvalue weighted by atomic mass is 10.2. The maximum atomic E-state index is 12.3. The van der Waals surface area contributed by atoms with Crippen molar-refractivity contribution in [2.45, 2.75) is 24.4 Å². The lowest BCUT2D eigenvalue weighted by Crippen LogP contribution is -2.23. The van der Waals surface area contributed by atoms with Crippen LogP contribution in [-0.2, 0) is 12.3 Å². The average molecular weight is 396 g/mol. The van der Waals surface area contributed by atoms with Gasteiger partial charge in [-0.25, -0.2) is 9.97 Å². The van der Waals surface area contributed by atoms with Gasteiger partial charge in [-0.15, -0.1) is 11.3 Å². The molecule has 0 radical (unpaired) electrons. The van der Waals surface area contributed by atoms with E-state index >= 15 is 0 Å². The number of aromatic nitrogens is 2. The number of carbonyl (C=O) groups is 1. The lowest BCUT2D eigenvalue weighted by Gasteiger charge is -2.02. The fourth-order valence-electron chi connectivity index (χ4n) is 2.60. The number of carbonyl (C=O) groups excluding carboxylic acids is 1. The number of benzene rings is 2. The summed E-state index contributed by atoms with van der Waals surface area (Å²) in [5, 5.41) is 6.16. The smallest absolute Gasteiger partial charge is 0.271 e. The molecule has 0 saturated heterocycles. The normalized spacial score (nSPS) is 11.0. The van der Waals surface area contributed by atoms with Crippen molar-refractivity contribution in [2.24, 2.45) is 0 Å². The van der Waals surface area contributed by atoms with E-state index in [0.29, 0.717) is 23.2 Å². The summed E-state index contributed by atoms with van der Waals surface area (Å²) in [4.78, 5) is 21.2. The van der Waals surface area contributed by atoms with E-state index in [9.17, 15) is 4.79 Å². The first-order valence-corrected chi connectivity index (χ1v) is 10.3. The predicted octanol–water partition coefficient (Wildman–Crippen LogP) is 4.82. The summed E-state index contributed by atoms with van der Waals surface area (Å²) in [6.45, 7) is 2.50. The summed E-state index contributed by atoms with van der Waals surface area (Å²) in [5.74, 6) is 0.450. The maximum absolute atomic E-state index is 12.3. The van der Waals surface area contributed by atoms with Crippen molar-refractivity contribution in [1.29, 1.82) is 0 Å². The van der Waals surface area contributed by atoms with Gasteiger partial charge in [0.15, 0.2) is 5.58 Å². The zero-order chi connectivity index (χ0) is 18.6. The van der Waals surface area contributed by atoms with E-state index in [2.05, 4.69) is 15.3 Å². The fourth-order valence-corrected chi connectivity index (χ4v) is 4.22. The minimum absolute atomic E-state index is 0.163. The molecule has 0 aliphatic heterocycles. The molecule has 1 amide bonds. The van der Waals surface area contributed by atoms with Gasteiger partial charge in [-0.2, -0.15) is 0 Å². The SMILES string of the molecule is Cc1cccc2oc(SCc3nc(C(=O)NCc4ccccc4)cs3)nc12. The Morgan fingerprint density at radius 3 is 2.81 bits per heavy atom. The summed E-state index contributed by atoms with van der Waals surface area (Å²) < 4.78 is 5.76. The number of rotatable bonds is 6. The lowest BCUT2D eigenvalue weighted by molar-refractivity contribution is 0.0946. The van der Waals surface area contributed by atoms with Crippen molar-refractivity contribution >= 4 is 40.1 Å². The van der Waals surface area contributed by atoms with Crippen molar-refractivity contribution in [2.75, 3.05) is 0 Å². The highest BCUT2D eigenvalue weighted by atomic mass is 32.2. The molecule has 136 valence electrons. The van der Waals surface area contributed by atoms with Crippen molar-refractivity contribution < 1.29 is 9.21 Å². The van der Waals surface area contributed by atoms with Gasteiger partial charge in [0.05, 0.1) is 5.75 Å². The third kappa shape index (κ3) is 4.20. The number of hydrogen-bond donors (Lipinski definition) is 1. The van der Waals surface area contributed by atoms with Crippen molar-refractivity contribution in [3.05, 3.63) is 75.7 Å². The highest BCUT2D eigenvalue weighted by molar-refractivity contribution is 7.98. The molecule has 27 heavy (non-hydrogen) atoms. The third-order valence-corrected chi connectivity index (χ3v) is 5.87. The predicted molar refractivity (Wildman–Crippen MR) is 108 cm³/mol. The largest absolute Gasteiger partial charge is 0.431 e. The van der Waals surface area contributed by atoms with Crippen LogP contribution in [-0.4, -0.2) is 15.9 Å². The minimum Gasteiger partial charge on any atom is -0.431 e. The van der Waals surface area contributed by atoms with Gasteiger partial charge in [0, 0.05) is 11.9 Å². The van der Waals surface area contributed by atoms with Crippen molar-refractivity contribution in [3.8, 4) is 0 Å². The van der Waals surface area contributed by atoms with Crippen LogP contribution in [0.1, 0.15) is 26.6 Å². The monoisotopic (exact) mass is 395 g/mol. The Kier molecular flexibility index (Phi) is 5.22. The molecule has 0 saturated carbocycles. The van der Waals surface area contributed by atoms with Gasteiger partial charge in [-0.1, -0.05) is 54.2 Å². The number of nitrogens with one attached hydrogen (secondary N) is 1. The fraction of sp³-hybridized carbons (Fsp3) is 0.150. The Balaban J connectivity index is 1.36. The zero-order valence-corrected chi connectivity index (χ0v) is 16.3. The molecule has 2 aromatic carbocycles. The standard InChI is InChI=1S/C20H17N3O2S2/c1-13-6-5-9-16-18(13)23-20(25-16)27-12-17-22-15(11-26-17)19(24)21-10-14-7-3-2-4-8-14/h2-9,11H,10,12H2,1H3,(H,21,24). The van der Waals surface area contributed by atoms with Gasteiger partial charge in [0.25, 0.3) is 11.1 Å². The topological polar surface area (TPSA) is 68.0 Å². The Hall–Kier alpha value is -2.64. The van der Waals surface area contributed by atoms with Crippen LogP contribution in [0.5, 0.6) is 0 Å². The van der Waals surface area contributed by atoms with E-state index in [-0.39, 0.29) is 5.91 Å². The van der Waals surface area contributed by atoms with Crippen LogP contribution in [0.25, 0.3) is 11.1 Å². The molecule has 5 nitrogen and oxygen atoms in total. The summed E-state index contributed by atoms with van der Waals surface area (Å²) >= 11 is 2.95. The van der Waals surface area contributed by atoms with Crippen LogP contribution in [0, 0.1) is 6.92 Å². The summed E-state index contributed by atoms with van der Waals surface area (Å²) in [5.41, 5.74) is 4.27. The second kappa shape index (κ2) is 7.94. The van der Waals surface area contributed by atoms with Gasteiger partial charge >= 0.3 is 0 Å². The van der Waals surface area contributed by atoms with Gasteiger partial charge in [-0.3, -0.25) is 4.79 Å². The Bertz CT molecular complexity index is 1070. The molecule has 0 spiro atoms. The quantitative estimate of drug-likeness (QED) is 0.474. The van der Waals surface area contributed by atoms with Gasteiger partial charge < -0.3 is 9.73 Å². The molecule has 0 aliphatic rings. The van der Waals surface area contributed by atoms with E-state index in [1.54, 1.807) is 5.38 Å². The van der Waals surface area contributed by atoms with E-state index in [4.69, 9.17) is 4.42 Å². The Morgan fingerprint density at radius 1 is 1.15 bits per heavy atom. The second-order valence-electron chi connectivity index (χ2n) is 5.98. The van der Waals surface area contributed by atoms with E-state index in [1.807, 2.05) is 55.5 Å². The Labute approximate surface area is 164 Å². The van der Waals surface area contributed by atoms with Crippen LogP contribution in [0.4, 0.5) is 0 Å². The molecule has 7 heteroatoms. The number of amides is 1. The van der Waals surface area contributed by atoms with Crippen molar-refractivity contribution in [1.82, 2.24) is 15.3 Å². The zero-order valence-electron chi connectivity index (χ0n) is 14.6. The Morgan fingerprint density at radius 2 is 2.00 bits per heavy atom. The number of aryl methyl sites for hydroxylation is 1. The second-order valence-corrected chi connectivity index (χ2v) is 7.85. The summed E-state index contributed by atoms with van der Waals surface area (Å²) in [6, 6.07) is 15.7. The van der Waals surface area contributed by atoms with Gasteiger partial charge in [-0.05, 0) is 24.1 Å². The number of nitrogens with zero attached hydrogens (tertiary/aromatic N) is 2. The first-order valence-electron chi connectivity index (χ1n) is 8.44. The van der Waals surface area contributed by atoms with Crippen LogP contribution >= 0.6 is 23.1 Å². The number of thiazole rings is 1. The highest BCUT2D eigenvalue weighted by Crippen LogP contribution is 2.28. The molecule has 0 bridgehead atoms. The van der Waals surface area contributed by atoms with Gasteiger partial charge in [0.2, 0.25) is 0 Å². The number of para-hydroxylation sites is 1. The van der Waals surface area contributed by atoms with E-state index < -0.39 is 0 Å². The molecule has 2 aromatic heterocycles. The molecule has 2 heterocycles. The molecular weight excluding hydrogens is 378 g/mol. The first kappa shape index (κ1) is 17.8. The molecule has 0 unspecified atom stereocenters. The average Bonchev–Trinajstić information content (AvgIpc) is 3.33. The van der Waals surface area contributed by atoms with Crippen LogP contribution < -0.4 is 5.32 Å². The van der Waals surface area contributed by atoms with Crippen molar-refractivity contribution in [3.63, 3.8) is 0 Å². The maximum Gasteiger partial charge on any atom is 0.271 e. The molecule has 0 aliphatic carbocycles. The minimum atomic E-state index is -0.163. The molecule has 0 fully saturated rings. The first-order chi connectivity index (χ1) is 13.2. The van der Waals surface area contributed by atoms with Gasteiger partial charge in [0.1, 0.15) is 16.2 Å².